The maximum atomic E-state index is 5.94. The standard InChI is InChI=1S/C18H14N6OS/c1-3-12-14(4-1)26-18-15(12)17-21-16(22-24(17)10-19-18)13-6-5-11(25-13)9-23-8-2-7-20-23/h2,5-8,10H,1,3-4,9H2. The molecule has 0 spiro atoms. The van der Waals surface area contributed by atoms with E-state index in [9.17, 15) is 0 Å². The van der Waals surface area contributed by atoms with Crippen molar-refractivity contribution >= 4 is 27.2 Å². The van der Waals surface area contributed by atoms with E-state index in [2.05, 4.69) is 15.2 Å². The van der Waals surface area contributed by atoms with Crippen LogP contribution in [0.25, 0.3) is 27.4 Å². The van der Waals surface area contributed by atoms with Crippen LogP contribution in [0, 0.1) is 0 Å². The van der Waals surface area contributed by atoms with Gasteiger partial charge in [-0.05, 0) is 43.0 Å². The number of furan rings is 1. The summed E-state index contributed by atoms with van der Waals surface area (Å²) in [6.45, 7) is 0.588. The highest BCUT2D eigenvalue weighted by Crippen LogP contribution is 2.38. The molecule has 0 aliphatic heterocycles. The minimum atomic E-state index is 0.587. The largest absolute Gasteiger partial charge is 0.456 e. The molecule has 0 N–H and O–H groups in total. The summed E-state index contributed by atoms with van der Waals surface area (Å²) in [6, 6.07) is 5.75. The predicted octanol–water partition coefficient (Wildman–Crippen LogP) is 3.33. The summed E-state index contributed by atoms with van der Waals surface area (Å²) in [7, 11) is 0. The lowest BCUT2D eigenvalue weighted by Gasteiger charge is -1.96. The molecule has 0 amide bonds. The Balaban J connectivity index is 1.45. The van der Waals surface area contributed by atoms with Gasteiger partial charge in [0.05, 0.1) is 11.9 Å². The van der Waals surface area contributed by atoms with Crippen LogP contribution >= 0.6 is 11.3 Å². The molecule has 0 atom stereocenters. The van der Waals surface area contributed by atoms with Gasteiger partial charge in [-0.1, -0.05) is 0 Å². The molecule has 0 bridgehead atoms. The summed E-state index contributed by atoms with van der Waals surface area (Å²) >= 11 is 1.79. The van der Waals surface area contributed by atoms with Crippen molar-refractivity contribution in [2.24, 2.45) is 0 Å². The summed E-state index contributed by atoms with van der Waals surface area (Å²) in [5, 5.41) is 9.94. The second-order valence-corrected chi connectivity index (χ2v) is 7.54. The molecule has 0 radical (unpaired) electrons. The molecule has 0 fully saturated rings. The molecule has 8 heteroatoms. The first-order chi connectivity index (χ1) is 12.8. The van der Waals surface area contributed by atoms with E-state index in [0.717, 1.165) is 34.5 Å². The van der Waals surface area contributed by atoms with Crippen molar-refractivity contribution in [1.29, 1.82) is 0 Å². The fraction of sp³-hybridized carbons (Fsp3) is 0.222. The van der Waals surface area contributed by atoms with Crippen molar-refractivity contribution in [2.45, 2.75) is 25.8 Å². The van der Waals surface area contributed by atoms with Crippen molar-refractivity contribution in [3.63, 3.8) is 0 Å². The average Bonchev–Trinajstić information content (AvgIpc) is 3.42. The SMILES string of the molecule is c1cnn(Cc2ccc(-c3nc4c5c6c(sc5ncn4n3)CCC6)o2)c1. The molecule has 1 aliphatic carbocycles. The first-order valence-corrected chi connectivity index (χ1v) is 9.39. The van der Waals surface area contributed by atoms with Crippen LogP contribution in [0.3, 0.4) is 0 Å². The maximum absolute atomic E-state index is 5.94. The van der Waals surface area contributed by atoms with Crippen LogP contribution < -0.4 is 0 Å². The summed E-state index contributed by atoms with van der Waals surface area (Å²) in [6.07, 6.45) is 8.88. The zero-order valence-corrected chi connectivity index (χ0v) is 14.6. The molecule has 0 aromatic carbocycles. The lowest BCUT2D eigenvalue weighted by Crippen LogP contribution is -1.97. The molecular formula is C18H14N6OS. The number of aryl methyl sites for hydroxylation is 2. The van der Waals surface area contributed by atoms with Gasteiger partial charge < -0.3 is 4.42 Å². The molecule has 26 heavy (non-hydrogen) atoms. The van der Waals surface area contributed by atoms with E-state index in [1.54, 1.807) is 28.4 Å². The van der Waals surface area contributed by atoms with Gasteiger partial charge in [0.15, 0.2) is 11.4 Å². The minimum Gasteiger partial charge on any atom is -0.456 e. The molecule has 5 heterocycles. The second kappa shape index (κ2) is 5.25. The summed E-state index contributed by atoms with van der Waals surface area (Å²) in [5.41, 5.74) is 2.27. The fourth-order valence-electron chi connectivity index (χ4n) is 3.63. The van der Waals surface area contributed by atoms with Crippen LogP contribution in [0.4, 0.5) is 0 Å². The predicted molar refractivity (Wildman–Crippen MR) is 97.2 cm³/mol. The molecule has 5 aromatic heterocycles. The van der Waals surface area contributed by atoms with Gasteiger partial charge in [-0.3, -0.25) is 4.68 Å². The van der Waals surface area contributed by atoms with Gasteiger partial charge in [0, 0.05) is 17.3 Å². The number of hydrogen-bond donors (Lipinski definition) is 0. The Hall–Kier alpha value is -3.00. The van der Waals surface area contributed by atoms with E-state index in [1.807, 2.05) is 29.1 Å². The van der Waals surface area contributed by atoms with Gasteiger partial charge in [0.2, 0.25) is 5.82 Å². The molecule has 1 aliphatic rings. The van der Waals surface area contributed by atoms with Crippen LogP contribution in [0.2, 0.25) is 0 Å². The van der Waals surface area contributed by atoms with Crippen molar-refractivity contribution in [3.05, 3.63) is 53.1 Å². The third kappa shape index (κ3) is 2.05. The maximum Gasteiger partial charge on any atom is 0.217 e. The average molecular weight is 362 g/mol. The van der Waals surface area contributed by atoms with E-state index in [1.165, 1.54) is 16.9 Å². The van der Waals surface area contributed by atoms with Crippen LogP contribution in [-0.4, -0.2) is 29.4 Å². The summed E-state index contributed by atoms with van der Waals surface area (Å²) in [4.78, 5) is 11.8. The van der Waals surface area contributed by atoms with Gasteiger partial charge >= 0.3 is 0 Å². The highest BCUT2D eigenvalue weighted by molar-refractivity contribution is 7.19. The lowest BCUT2D eigenvalue weighted by atomic mass is 10.2. The molecule has 0 saturated heterocycles. The number of thiophene rings is 1. The number of fused-ring (bicyclic) bond motifs is 5. The van der Waals surface area contributed by atoms with E-state index >= 15 is 0 Å². The van der Waals surface area contributed by atoms with Crippen LogP contribution in [-0.2, 0) is 19.4 Å². The first-order valence-electron chi connectivity index (χ1n) is 8.57. The number of nitrogens with zero attached hydrogens (tertiary/aromatic N) is 6. The fourth-order valence-corrected chi connectivity index (χ4v) is 4.86. The Morgan fingerprint density at radius 3 is 3.15 bits per heavy atom. The van der Waals surface area contributed by atoms with Gasteiger partial charge in [0.25, 0.3) is 0 Å². The van der Waals surface area contributed by atoms with E-state index in [0.29, 0.717) is 18.1 Å². The monoisotopic (exact) mass is 362 g/mol. The Labute approximate surface area is 151 Å². The number of hydrogen-bond acceptors (Lipinski definition) is 6. The van der Waals surface area contributed by atoms with Crippen LogP contribution in [0.1, 0.15) is 22.6 Å². The van der Waals surface area contributed by atoms with Crippen LogP contribution in [0.15, 0.2) is 41.3 Å². The highest BCUT2D eigenvalue weighted by Gasteiger charge is 2.22. The first kappa shape index (κ1) is 14.2. The van der Waals surface area contributed by atoms with Crippen molar-refractivity contribution < 1.29 is 4.42 Å². The van der Waals surface area contributed by atoms with Gasteiger partial charge in [0.1, 0.15) is 16.9 Å². The van der Waals surface area contributed by atoms with Crippen LogP contribution in [0.5, 0.6) is 0 Å². The zero-order chi connectivity index (χ0) is 17.1. The molecule has 6 rings (SSSR count). The van der Waals surface area contributed by atoms with Gasteiger partial charge in [-0.15, -0.1) is 16.4 Å². The van der Waals surface area contributed by atoms with Crippen molar-refractivity contribution in [2.75, 3.05) is 0 Å². The lowest BCUT2D eigenvalue weighted by molar-refractivity contribution is 0.487. The third-order valence-corrected chi connectivity index (χ3v) is 6.00. The van der Waals surface area contributed by atoms with Gasteiger partial charge in [-0.2, -0.15) is 5.10 Å². The van der Waals surface area contributed by atoms with E-state index in [-0.39, 0.29) is 0 Å². The Kier molecular flexibility index (Phi) is 2.87. The van der Waals surface area contributed by atoms with Crippen molar-refractivity contribution in [3.8, 4) is 11.6 Å². The molecule has 128 valence electrons. The van der Waals surface area contributed by atoms with Gasteiger partial charge in [-0.25, -0.2) is 14.5 Å². The third-order valence-electron chi connectivity index (χ3n) is 4.80. The smallest absolute Gasteiger partial charge is 0.217 e. The normalized spacial score (nSPS) is 13.8. The Morgan fingerprint density at radius 2 is 2.23 bits per heavy atom. The summed E-state index contributed by atoms with van der Waals surface area (Å²) < 4.78 is 9.53. The molecule has 0 saturated carbocycles. The van der Waals surface area contributed by atoms with E-state index < -0.39 is 0 Å². The second-order valence-electron chi connectivity index (χ2n) is 6.46. The highest BCUT2D eigenvalue weighted by atomic mass is 32.1. The molecule has 0 unspecified atom stereocenters. The summed E-state index contributed by atoms with van der Waals surface area (Å²) in [5.74, 6) is 2.07. The Bertz CT molecular complexity index is 1250. The number of rotatable bonds is 3. The molecular weight excluding hydrogens is 348 g/mol. The van der Waals surface area contributed by atoms with E-state index in [4.69, 9.17) is 9.40 Å². The molecule has 7 nitrogen and oxygen atoms in total. The Morgan fingerprint density at radius 1 is 1.23 bits per heavy atom. The minimum absolute atomic E-state index is 0.587. The molecule has 5 aromatic rings. The number of aromatic nitrogens is 6. The zero-order valence-electron chi connectivity index (χ0n) is 13.8. The quantitative estimate of drug-likeness (QED) is 0.492. The van der Waals surface area contributed by atoms with Crippen molar-refractivity contribution in [1.82, 2.24) is 29.4 Å². The topological polar surface area (TPSA) is 74.0 Å².